The number of aromatic nitrogens is 2. The van der Waals surface area contributed by atoms with Crippen LogP contribution in [0.3, 0.4) is 0 Å². The minimum absolute atomic E-state index is 0.0483. The van der Waals surface area contributed by atoms with E-state index in [1.54, 1.807) is 48.0 Å². The van der Waals surface area contributed by atoms with Gasteiger partial charge < -0.3 is 14.4 Å². The second-order valence-corrected chi connectivity index (χ2v) is 6.67. The summed E-state index contributed by atoms with van der Waals surface area (Å²) in [6, 6.07) is 14.2. The molecule has 0 aliphatic heterocycles. The molecule has 1 heterocycles. The molecule has 2 aromatic carbocycles. The van der Waals surface area contributed by atoms with Gasteiger partial charge in [-0.15, -0.1) is 0 Å². The number of benzene rings is 2. The topological polar surface area (TPSA) is 56.6 Å². The number of hydrogen-bond acceptors (Lipinski definition) is 4. The summed E-state index contributed by atoms with van der Waals surface area (Å²) in [5.74, 6) is -0.0646. The van der Waals surface area contributed by atoms with Gasteiger partial charge in [-0.1, -0.05) is 24.3 Å². The SMILES string of the molecule is CCOc1cc(/C=C/C(=O)N(C)Cc2cnn(-c3ccccc3)c2)ccc1OC(F)F. The Morgan fingerprint density at radius 1 is 1.19 bits per heavy atom. The number of alkyl halides is 2. The third-order valence-electron chi connectivity index (χ3n) is 4.35. The maximum Gasteiger partial charge on any atom is 0.387 e. The highest BCUT2D eigenvalue weighted by Crippen LogP contribution is 2.30. The molecular formula is C23H23F2N3O3. The Morgan fingerprint density at radius 3 is 2.68 bits per heavy atom. The number of para-hydroxylation sites is 1. The fraction of sp³-hybridized carbons (Fsp3) is 0.217. The summed E-state index contributed by atoms with van der Waals surface area (Å²) < 4.78 is 36.6. The maximum absolute atomic E-state index is 12.5. The summed E-state index contributed by atoms with van der Waals surface area (Å²) in [6.07, 6.45) is 6.61. The first kappa shape index (κ1) is 22.0. The first-order valence-electron chi connectivity index (χ1n) is 9.70. The average molecular weight is 427 g/mol. The molecule has 0 atom stereocenters. The lowest BCUT2D eigenvalue weighted by Crippen LogP contribution is -2.23. The van der Waals surface area contributed by atoms with E-state index < -0.39 is 6.61 Å². The van der Waals surface area contributed by atoms with Gasteiger partial charge in [0.15, 0.2) is 11.5 Å². The molecule has 162 valence electrons. The second-order valence-electron chi connectivity index (χ2n) is 6.67. The summed E-state index contributed by atoms with van der Waals surface area (Å²) in [4.78, 5) is 14.0. The Hall–Kier alpha value is -3.68. The zero-order chi connectivity index (χ0) is 22.2. The van der Waals surface area contributed by atoms with Crippen LogP contribution in [0.15, 0.2) is 67.0 Å². The van der Waals surface area contributed by atoms with Crippen LogP contribution in [0.25, 0.3) is 11.8 Å². The average Bonchev–Trinajstić information content (AvgIpc) is 3.22. The molecule has 31 heavy (non-hydrogen) atoms. The third kappa shape index (κ3) is 6.15. The molecule has 0 N–H and O–H groups in total. The van der Waals surface area contributed by atoms with Crippen molar-refractivity contribution in [1.82, 2.24) is 14.7 Å². The van der Waals surface area contributed by atoms with E-state index in [-0.39, 0.29) is 17.4 Å². The molecule has 0 radical (unpaired) electrons. The highest BCUT2D eigenvalue weighted by Gasteiger charge is 2.12. The Kier molecular flexibility index (Phi) is 7.37. The van der Waals surface area contributed by atoms with Crippen molar-refractivity contribution in [2.75, 3.05) is 13.7 Å². The Bertz CT molecular complexity index is 1040. The van der Waals surface area contributed by atoms with Gasteiger partial charge in [-0.3, -0.25) is 4.79 Å². The highest BCUT2D eigenvalue weighted by molar-refractivity contribution is 5.91. The van der Waals surface area contributed by atoms with Crippen molar-refractivity contribution in [2.24, 2.45) is 0 Å². The molecule has 0 saturated carbocycles. The fourth-order valence-corrected chi connectivity index (χ4v) is 2.90. The molecule has 0 saturated heterocycles. The summed E-state index contributed by atoms with van der Waals surface area (Å²) in [7, 11) is 1.69. The van der Waals surface area contributed by atoms with Crippen LogP contribution < -0.4 is 9.47 Å². The van der Waals surface area contributed by atoms with Crippen LogP contribution >= 0.6 is 0 Å². The lowest BCUT2D eigenvalue weighted by Gasteiger charge is -2.14. The molecule has 1 aromatic heterocycles. The Balaban J connectivity index is 1.64. The smallest absolute Gasteiger partial charge is 0.387 e. The van der Waals surface area contributed by atoms with E-state index in [1.807, 2.05) is 36.5 Å². The molecule has 0 fully saturated rings. The number of ether oxygens (including phenoxy) is 2. The van der Waals surface area contributed by atoms with Crippen molar-refractivity contribution in [3.8, 4) is 17.2 Å². The minimum Gasteiger partial charge on any atom is -0.490 e. The summed E-state index contributed by atoms with van der Waals surface area (Å²) in [5.41, 5.74) is 2.45. The van der Waals surface area contributed by atoms with Crippen molar-refractivity contribution in [3.05, 3.63) is 78.1 Å². The molecule has 8 heteroatoms. The predicted molar refractivity (Wildman–Crippen MR) is 113 cm³/mol. The molecule has 6 nitrogen and oxygen atoms in total. The van der Waals surface area contributed by atoms with E-state index in [1.165, 1.54) is 12.1 Å². The first-order chi connectivity index (χ1) is 15.0. The number of nitrogens with zero attached hydrogens (tertiary/aromatic N) is 3. The molecule has 3 aromatic rings. The molecule has 1 amide bonds. The minimum atomic E-state index is -2.94. The number of likely N-dealkylation sites (N-methyl/N-ethyl adjacent to an activating group) is 1. The quantitative estimate of drug-likeness (QED) is 0.471. The zero-order valence-electron chi connectivity index (χ0n) is 17.2. The lowest BCUT2D eigenvalue weighted by molar-refractivity contribution is -0.125. The monoisotopic (exact) mass is 427 g/mol. The zero-order valence-corrected chi connectivity index (χ0v) is 17.2. The van der Waals surface area contributed by atoms with E-state index in [4.69, 9.17) is 4.74 Å². The highest BCUT2D eigenvalue weighted by atomic mass is 19.3. The summed E-state index contributed by atoms with van der Waals surface area (Å²) in [5, 5.41) is 4.33. The van der Waals surface area contributed by atoms with Crippen molar-refractivity contribution in [3.63, 3.8) is 0 Å². The Morgan fingerprint density at radius 2 is 1.97 bits per heavy atom. The van der Waals surface area contributed by atoms with Gasteiger partial charge in [0.25, 0.3) is 0 Å². The van der Waals surface area contributed by atoms with Crippen molar-refractivity contribution < 1.29 is 23.0 Å². The molecule has 0 unspecified atom stereocenters. The maximum atomic E-state index is 12.5. The lowest BCUT2D eigenvalue weighted by atomic mass is 10.2. The van der Waals surface area contributed by atoms with Crippen LogP contribution in [0, 0.1) is 0 Å². The number of hydrogen-bond donors (Lipinski definition) is 0. The molecule has 0 aliphatic rings. The molecule has 0 spiro atoms. The predicted octanol–water partition coefficient (Wildman–Crippen LogP) is 4.54. The van der Waals surface area contributed by atoms with Crippen LogP contribution in [-0.4, -0.2) is 40.9 Å². The van der Waals surface area contributed by atoms with E-state index in [2.05, 4.69) is 9.84 Å². The van der Waals surface area contributed by atoms with Crippen LogP contribution in [0.5, 0.6) is 11.5 Å². The Labute approximate surface area is 179 Å². The normalized spacial score (nSPS) is 11.1. The molecular weight excluding hydrogens is 404 g/mol. The summed E-state index contributed by atoms with van der Waals surface area (Å²) >= 11 is 0. The number of halogens is 2. The van der Waals surface area contributed by atoms with Gasteiger partial charge in [0.1, 0.15) is 0 Å². The van der Waals surface area contributed by atoms with Gasteiger partial charge >= 0.3 is 6.61 Å². The number of amides is 1. The van der Waals surface area contributed by atoms with Crippen molar-refractivity contribution in [1.29, 1.82) is 0 Å². The largest absolute Gasteiger partial charge is 0.490 e. The van der Waals surface area contributed by atoms with Crippen molar-refractivity contribution >= 4 is 12.0 Å². The van der Waals surface area contributed by atoms with Gasteiger partial charge in [0.05, 0.1) is 18.5 Å². The van der Waals surface area contributed by atoms with E-state index in [0.29, 0.717) is 18.7 Å². The standard InChI is InChI=1S/C23H23F2N3O3/c1-3-30-21-13-17(9-11-20(21)31-23(24)25)10-12-22(29)27(2)15-18-14-26-28(16-18)19-7-5-4-6-8-19/h4-14,16,23H,3,15H2,1-2H3/b12-10+. The van der Waals surface area contributed by atoms with E-state index >= 15 is 0 Å². The summed E-state index contributed by atoms with van der Waals surface area (Å²) in [6.45, 7) is -0.512. The van der Waals surface area contributed by atoms with Gasteiger partial charge in [0, 0.05) is 31.4 Å². The van der Waals surface area contributed by atoms with Crippen LogP contribution in [0.1, 0.15) is 18.1 Å². The van der Waals surface area contributed by atoms with Gasteiger partial charge in [-0.05, 0) is 42.8 Å². The fourth-order valence-electron chi connectivity index (χ4n) is 2.90. The van der Waals surface area contributed by atoms with Gasteiger partial charge in [-0.25, -0.2) is 4.68 Å². The van der Waals surface area contributed by atoms with Crippen LogP contribution in [-0.2, 0) is 11.3 Å². The number of carbonyl (C=O) groups excluding carboxylic acids is 1. The number of rotatable bonds is 9. The van der Waals surface area contributed by atoms with Crippen molar-refractivity contribution in [2.45, 2.75) is 20.1 Å². The second kappa shape index (κ2) is 10.4. The van der Waals surface area contributed by atoms with E-state index in [9.17, 15) is 13.6 Å². The number of carbonyl (C=O) groups is 1. The van der Waals surface area contributed by atoms with Crippen LogP contribution in [0.4, 0.5) is 8.78 Å². The molecule has 0 bridgehead atoms. The van der Waals surface area contributed by atoms with E-state index in [0.717, 1.165) is 11.3 Å². The molecule has 3 rings (SSSR count). The van der Waals surface area contributed by atoms with Crippen LogP contribution in [0.2, 0.25) is 0 Å². The third-order valence-corrected chi connectivity index (χ3v) is 4.35. The van der Waals surface area contributed by atoms with Gasteiger partial charge in [-0.2, -0.15) is 13.9 Å². The van der Waals surface area contributed by atoms with Gasteiger partial charge in [0.2, 0.25) is 5.91 Å². The first-order valence-corrected chi connectivity index (χ1v) is 9.70. The molecule has 0 aliphatic carbocycles.